The van der Waals surface area contributed by atoms with Crippen LogP contribution in [0.15, 0.2) is 66.9 Å². The third-order valence-corrected chi connectivity index (χ3v) is 9.20. The van der Waals surface area contributed by atoms with Crippen LogP contribution in [0.5, 0.6) is 0 Å². The molecule has 3 aromatic rings. The van der Waals surface area contributed by atoms with E-state index in [4.69, 9.17) is 4.98 Å². The standard InChI is InChI=1S/C36H41F3N6O5/c1-36(2,13-14-41-30(47)12-15-44-31(48)10-11-32(44)49)34(45(33(50)22-46)20-24-17-40-18-28(24)39)35-42-29(26-16-25(37)8-9-27(26)38)21-43(35)19-23-6-4-3-5-7-23/h3-11,16,21,24,28,34,40,46H,12-15,17-20,22H2,1-2H3,(H,41,47). The summed E-state index contributed by atoms with van der Waals surface area (Å²) in [5.41, 5.74) is -0.0332. The second-order valence-electron chi connectivity index (χ2n) is 13.3. The average Bonchev–Trinajstić information content (AvgIpc) is 3.78. The number of carbonyl (C=O) groups is 4. The zero-order valence-corrected chi connectivity index (χ0v) is 27.9. The van der Waals surface area contributed by atoms with Crippen molar-refractivity contribution in [3.05, 3.63) is 89.9 Å². The summed E-state index contributed by atoms with van der Waals surface area (Å²) >= 11 is 0. The molecule has 50 heavy (non-hydrogen) atoms. The van der Waals surface area contributed by atoms with Crippen molar-refractivity contribution >= 4 is 23.6 Å². The Balaban J connectivity index is 1.51. The van der Waals surface area contributed by atoms with Gasteiger partial charge in [-0.1, -0.05) is 44.2 Å². The van der Waals surface area contributed by atoms with Crippen LogP contribution in [0.3, 0.4) is 0 Å². The van der Waals surface area contributed by atoms with Gasteiger partial charge in [-0.05, 0) is 35.6 Å². The summed E-state index contributed by atoms with van der Waals surface area (Å²) in [6.45, 7) is 3.44. The molecule has 2 aromatic carbocycles. The van der Waals surface area contributed by atoms with Crippen molar-refractivity contribution < 1.29 is 37.5 Å². The van der Waals surface area contributed by atoms with Crippen LogP contribution in [0.2, 0.25) is 0 Å². The number of aliphatic hydroxyl groups is 1. The van der Waals surface area contributed by atoms with Crippen LogP contribution >= 0.6 is 0 Å². The van der Waals surface area contributed by atoms with Crippen molar-refractivity contribution in [1.82, 2.24) is 30.0 Å². The predicted octanol–water partition coefficient (Wildman–Crippen LogP) is 3.14. The van der Waals surface area contributed by atoms with E-state index in [0.717, 1.165) is 40.8 Å². The van der Waals surface area contributed by atoms with Crippen molar-refractivity contribution in [2.45, 2.75) is 45.4 Å². The summed E-state index contributed by atoms with van der Waals surface area (Å²) in [7, 11) is 0. The fraction of sp³-hybridized carbons (Fsp3) is 0.417. The summed E-state index contributed by atoms with van der Waals surface area (Å²) < 4.78 is 46.2. The first-order valence-electron chi connectivity index (χ1n) is 16.5. The van der Waals surface area contributed by atoms with Gasteiger partial charge < -0.3 is 25.2 Å². The molecule has 14 heteroatoms. The van der Waals surface area contributed by atoms with Gasteiger partial charge >= 0.3 is 0 Å². The normalized spacial score (nSPS) is 18.2. The SMILES string of the molecule is CC(C)(CCNC(=O)CCN1C(=O)C=CC1=O)C(c1nc(-c2cc(F)ccc2F)cn1Cc1ccccc1)N(CC1CNCC1F)C(=O)CO. The molecule has 3 unspecified atom stereocenters. The third-order valence-electron chi connectivity index (χ3n) is 9.20. The van der Waals surface area contributed by atoms with E-state index < -0.39 is 65.4 Å². The second-order valence-corrected chi connectivity index (χ2v) is 13.3. The molecule has 4 amide bonds. The molecule has 2 aliphatic rings. The molecule has 0 bridgehead atoms. The number of halogens is 3. The molecule has 0 aliphatic carbocycles. The molecule has 0 radical (unpaired) electrons. The lowest BCUT2D eigenvalue weighted by Crippen LogP contribution is -2.48. The Morgan fingerprint density at radius 2 is 1.82 bits per heavy atom. The Morgan fingerprint density at radius 1 is 1.10 bits per heavy atom. The van der Waals surface area contributed by atoms with Crippen molar-refractivity contribution in [3.63, 3.8) is 0 Å². The molecule has 3 heterocycles. The Labute approximate surface area is 288 Å². The van der Waals surface area contributed by atoms with Crippen LogP contribution in [0, 0.1) is 23.0 Å². The van der Waals surface area contributed by atoms with Gasteiger partial charge in [0.25, 0.3) is 11.8 Å². The van der Waals surface area contributed by atoms with Crippen LogP contribution in [0.1, 0.15) is 44.1 Å². The van der Waals surface area contributed by atoms with Crippen LogP contribution in [0.4, 0.5) is 13.2 Å². The van der Waals surface area contributed by atoms with Crippen LogP contribution in [-0.2, 0) is 25.7 Å². The van der Waals surface area contributed by atoms with Crippen molar-refractivity contribution in [2.24, 2.45) is 11.3 Å². The Kier molecular flexibility index (Phi) is 11.5. The number of nitrogens with zero attached hydrogens (tertiary/aromatic N) is 4. The van der Waals surface area contributed by atoms with E-state index in [1.165, 1.54) is 4.90 Å². The lowest BCUT2D eigenvalue weighted by molar-refractivity contribution is -0.141. The van der Waals surface area contributed by atoms with E-state index in [1.54, 1.807) is 10.8 Å². The molecule has 5 rings (SSSR count). The van der Waals surface area contributed by atoms with E-state index in [9.17, 15) is 28.7 Å². The average molecular weight is 695 g/mol. The summed E-state index contributed by atoms with van der Waals surface area (Å²) in [6, 6.07) is 11.4. The minimum absolute atomic E-state index is 0.0677. The fourth-order valence-electron chi connectivity index (χ4n) is 6.48. The zero-order valence-electron chi connectivity index (χ0n) is 27.9. The number of nitrogens with one attached hydrogen (secondary N) is 2. The first kappa shape index (κ1) is 36.5. The number of alkyl halides is 1. The topological polar surface area (TPSA) is 137 Å². The number of hydrogen-bond acceptors (Lipinski definition) is 7. The quantitative estimate of drug-likeness (QED) is 0.208. The van der Waals surface area contributed by atoms with E-state index in [1.807, 2.05) is 44.2 Å². The highest BCUT2D eigenvalue weighted by Gasteiger charge is 2.43. The van der Waals surface area contributed by atoms with E-state index >= 15 is 8.78 Å². The maximum Gasteiger partial charge on any atom is 0.253 e. The van der Waals surface area contributed by atoms with E-state index in [0.29, 0.717) is 12.4 Å². The summed E-state index contributed by atoms with van der Waals surface area (Å²) in [5, 5.41) is 16.0. The number of benzene rings is 2. The maximum atomic E-state index is 15.1. The van der Waals surface area contributed by atoms with Gasteiger partial charge in [-0.15, -0.1) is 0 Å². The van der Waals surface area contributed by atoms with Gasteiger partial charge in [0, 0.05) is 75.5 Å². The minimum Gasteiger partial charge on any atom is -0.387 e. The molecule has 1 saturated heterocycles. The van der Waals surface area contributed by atoms with Crippen molar-refractivity contribution in [3.8, 4) is 11.3 Å². The number of aliphatic hydroxyl groups excluding tert-OH is 1. The molecule has 11 nitrogen and oxygen atoms in total. The van der Waals surface area contributed by atoms with Gasteiger partial charge in [-0.25, -0.2) is 18.2 Å². The lowest BCUT2D eigenvalue weighted by atomic mass is 9.79. The molecule has 3 atom stereocenters. The molecular formula is C36H41F3N6O5. The highest BCUT2D eigenvalue weighted by atomic mass is 19.1. The van der Waals surface area contributed by atoms with Crippen LogP contribution < -0.4 is 10.6 Å². The van der Waals surface area contributed by atoms with Gasteiger partial charge in [0.2, 0.25) is 11.8 Å². The van der Waals surface area contributed by atoms with Crippen molar-refractivity contribution in [2.75, 3.05) is 39.3 Å². The van der Waals surface area contributed by atoms with Gasteiger partial charge in [-0.2, -0.15) is 0 Å². The molecule has 1 aromatic heterocycles. The first-order valence-corrected chi connectivity index (χ1v) is 16.5. The van der Waals surface area contributed by atoms with Crippen LogP contribution in [0.25, 0.3) is 11.3 Å². The minimum atomic E-state index is -1.25. The highest BCUT2D eigenvalue weighted by molar-refractivity contribution is 6.13. The second kappa shape index (κ2) is 15.8. The number of rotatable bonds is 15. The predicted molar refractivity (Wildman–Crippen MR) is 178 cm³/mol. The highest BCUT2D eigenvalue weighted by Crippen LogP contribution is 2.42. The van der Waals surface area contributed by atoms with Crippen LogP contribution in [-0.4, -0.2) is 93.6 Å². The molecule has 266 valence electrons. The number of amides is 4. The van der Waals surface area contributed by atoms with Crippen molar-refractivity contribution in [1.29, 1.82) is 0 Å². The fourth-order valence-corrected chi connectivity index (χ4v) is 6.48. The maximum absolute atomic E-state index is 15.1. The monoisotopic (exact) mass is 694 g/mol. The summed E-state index contributed by atoms with van der Waals surface area (Å²) in [4.78, 5) is 57.3. The third kappa shape index (κ3) is 8.48. The van der Waals surface area contributed by atoms with Gasteiger partial charge in [-0.3, -0.25) is 24.1 Å². The molecule has 0 spiro atoms. The van der Waals surface area contributed by atoms with Gasteiger partial charge in [0.1, 0.15) is 30.2 Å². The molecule has 2 aliphatic heterocycles. The number of aromatic nitrogens is 2. The van der Waals surface area contributed by atoms with E-state index in [-0.39, 0.29) is 56.8 Å². The molecule has 1 fully saturated rings. The Bertz CT molecular complexity index is 1730. The number of imide groups is 1. The molecular weight excluding hydrogens is 653 g/mol. The smallest absolute Gasteiger partial charge is 0.253 e. The van der Waals surface area contributed by atoms with Gasteiger partial charge in [0.15, 0.2) is 0 Å². The van der Waals surface area contributed by atoms with Gasteiger partial charge in [0.05, 0.1) is 11.7 Å². The largest absolute Gasteiger partial charge is 0.387 e. The Morgan fingerprint density at radius 3 is 2.48 bits per heavy atom. The summed E-state index contributed by atoms with van der Waals surface area (Å²) in [6.07, 6.45) is 2.76. The number of hydrogen-bond donors (Lipinski definition) is 3. The lowest BCUT2D eigenvalue weighted by Gasteiger charge is -2.43. The number of imidazole rings is 1. The zero-order chi connectivity index (χ0) is 36.0. The Hall–Kier alpha value is -4.82. The number of carbonyl (C=O) groups excluding carboxylic acids is 4. The first-order chi connectivity index (χ1) is 23.9. The summed E-state index contributed by atoms with van der Waals surface area (Å²) in [5.74, 6) is -3.71. The van der Waals surface area contributed by atoms with E-state index in [2.05, 4.69) is 10.6 Å². The molecule has 0 saturated carbocycles. The molecule has 3 N–H and O–H groups in total.